The predicted molar refractivity (Wildman–Crippen MR) is 95.8 cm³/mol. The summed E-state index contributed by atoms with van der Waals surface area (Å²) in [5, 5.41) is 0. The lowest BCUT2D eigenvalue weighted by molar-refractivity contribution is -0.121. The van der Waals surface area contributed by atoms with Crippen LogP contribution in [0, 0.1) is 6.92 Å². The second-order valence-corrected chi connectivity index (χ2v) is 7.06. The number of hydrogen-bond donors (Lipinski definition) is 0. The summed E-state index contributed by atoms with van der Waals surface area (Å²) in [4.78, 5) is 28.1. The van der Waals surface area contributed by atoms with E-state index in [1.807, 2.05) is 37.3 Å². The Hall–Kier alpha value is -2.14. The second kappa shape index (κ2) is 7.18. The number of benzene rings is 1. The molecule has 0 bridgehead atoms. The van der Waals surface area contributed by atoms with Crippen molar-refractivity contribution in [2.75, 3.05) is 18.1 Å². The van der Waals surface area contributed by atoms with E-state index in [1.165, 1.54) is 21.8 Å². The lowest BCUT2D eigenvalue weighted by atomic mass is 10.0. The molecule has 0 atom stereocenters. The fourth-order valence-corrected chi connectivity index (χ4v) is 4.05. The van der Waals surface area contributed by atoms with Crippen molar-refractivity contribution in [1.82, 2.24) is 0 Å². The molecule has 4 nitrogen and oxygen atoms in total. The lowest BCUT2D eigenvalue weighted by Gasteiger charge is -2.29. The highest BCUT2D eigenvalue weighted by atomic mass is 32.1. The van der Waals surface area contributed by atoms with Gasteiger partial charge in [0.2, 0.25) is 0 Å². The summed E-state index contributed by atoms with van der Waals surface area (Å²) in [6.45, 7) is 4.50. The van der Waals surface area contributed by atoms with Crippen LogP contribution < -0.4 is 4.90 Å². The summed E-state index contributed by atoms with van der Waals surface area (Å²) in [6.07, 6.45) is 2.81. The average molecular weight is 343 g/mol. The van der Waals surface area contributed by atoms with E-state index in [0.29, 0.717) is 11.4 Å². The molecule has 0 saturated heterocycles. The monoisotopic (exact) mass is 343 g/mol. The number of hydrogen-bond acceptors (Lipinski definition) is 4. The molecule has 0 unspecified atom stereocenters. The number of esters is 1. The van der Waals surface area contributed by atoms with Crippen molar-refractivity contribution in [2.45, 2.75) is 33.1 Å². The molecule has 0 N–H and O–H groups in total. The minimum Gasteiger partial charge on any atom is -0.451 e. The zero-order chi connectivity index (χ0) is 17.1. The van der Waals surface area contributed by atoms with Gasteiger partial charge in [-0.2, -0.15) is 0 Å². The van der Waals surface area contributed by atoms with Gasteiger partial charge in [-0.15, -0.1) is 11.3 Å². The molecule has 0 aliphatic carbocycles. The van der Waals surface area contributed by atoms with E-state index in [4.69, 9.17) is 4.74 Å². The highest BCUT2D eigenvalue weighted by Crippen LogP contribution is 2.27. The van der Waals surface area contributed by atoms with Crippen molar-refractivity contribution in [3.63, 3.8) is 0 Å². The fourth-order valence-electron chi connectivity index (χ4n) is 3.04. The maximum Gasteiger partial charge on any atom is 0.348 e. The van der Waals surface area contributed by atoms with Gasteiger partial charge in [-0.3, -0.25) is 4.79 Å². The molecule has 0 spiro atoms. The van der Waals surface area contributed by atoms with Gasteiger partial charge in [0, 0.05) is 17.1 Å². The molecule has 0 radical (unpaired) electrons. The molecule has 126 valence electrons. The van der Waals surface area contributed by atoms with Gasteiger partial charge in [-0.1, -0.05) is 25.1 Å². The van der Waals surface area contributed by atoms with Crippen molar-refractivity contribution in [3.8, 4) is 0 Å². The Bertz CT molecular complexity index is 766. The Balaban J connectivity index is 1.64. The summed E-state index contributed by atoms with van der Waals surface area (Å²) < 4.78 is 5.25. The first-order valence-corrected chi connectivity index (χ1v) is 9.06. The van der Waals surface area contributed by atoms with Crippen LogP contribution >= 0.6 is 11.3 Å². The number of ether oxygens (including phenoxy) is 1. The molecule has 0 fully saturated rings. The van der Waals surface area contributed by atoms with E-state index < -0.39 is 5.97 Å². The summed E-state index contributed by atoms with van der Waals surface area (Å²) in [7, 11) is 0. The maximum atomic E-state index is 12.5. The molecule has 2 aromatic rings. The van der Waals surface area contributed by atoms with E-state index in [2.05, 4.69) is 6.92 Å². The fraction of sp³-hybridized carbons (Fsp3) is 0.368. The van der Waals surface area contributed by atoms with Gasteiger partial charge in [0.25, 0.3) is 5.91 Å². The largest absolute Gasteiger partial charge is 0.451 e. The Morgan fingerprint density at radius 1 is 1.29 bits per heavy atom. The molecule has 0 saturated carbocycles. The van der Waals surface area contributed by atoms with Crippen LogP contribution in [0.2, 0.25) is 0 Å². The Morgan fingerprint density at radius 2 is 2.08 bits per heavy atom. The van der Waals surface area contributed by atoms with Crippen LogP contribution in [-0.2, 0) is 22.4 Å². The van der Waals surface area contributed by atoms with Gasteiger partial charge in [0.1, 0.15) is 4.88 Å². The molecular formula is C19H21NO3S. The third-order valence-corrected chi connectivity index (χ3v) is 5.64. The number of nitrogens with zero attached hydrogens (tertiary/aromatic N) is 1. The van der Waals surface area contributed by atoms with Gasteiger partial charge in [0.15, 0.2) is 6.61 Å². The van der Waals surface area contributed by atoms with E-state index >= 15 is 0 Å². The quantitative estimate of drug-likeness (QED) is 0.794. The zero-order valence-electron chi connectivity index (χ0n) is 14.0. The van der Waals surface area contributed by atoms with Crippen molar-refractivity contribution < 1.29 is 14.3 Å². The van der Waals surface area contributed by atoms with Crippen LogP contribution in [0.4, 0.5) is 5.69 Å². The molecule has 1 aliphatic rings. The van der Waals surface area contributed by atoms with Crippen molar-refractivity contribution >= 4 is 28.9 Å². The third kappa shape index (κ3) is 3.36. The Labute approximate surface area is 146 Å². The molecule has 5 heteroatoms. The summed E-state index contributed by atoms with van der Waals surface area (Å²) >= 11 is 1.44. The predicted octanol–water partition coefficient (Wildman–Crippen LogP) is 3.76. The second-order valence-electron chi connectivity index (χ2n) is 5.92. The highest BCUT2D eigenvalue weighted by molar-refractivity contribution is 7.14. The number of thiophene rings is 1. The number of carbonyl (C=O) groups excluding carboxylic acids is 2. The summed E-state index contributed by atoms with van der Waals surface area (Å²) in [5.41, 5.74) is 3.21. The van der Waals surface area contributed by atoms with Gasteiger partial charge < -0.3 is 9.64 Å². The van der Waals surface area contributed by atoms with Crippen LogP contribution in [0.3, 0.4) is 0 Å². The van der Waals surface area contributed by atoms with Gasteiger partial charge in [0.05, 0.1) is 0 Å². The molecule has 1 amide bonds. The smallest absolute Gasteiger partial charge is 0.348 e. The number of aryl methyl sites for hydroxylation is 3. The zero-order valence-corrected chi connectivity index (χ0v) is 14.8. The van der Waals surface area contributed by atoms with Crippen molar-refractivity contribution in [3.05, 3.63) is 51.2 Å². The topological polar surface area (TPSA) is 46.6 Å². The SMILES string of the molecule is CCc1sc(C(=O)OCC(=O)N2CCCc3ccccc32)cc1C. The van der Waals surface area contributed by atoms with Gasteiger partial charge in [-0.05, 0) is 49.4 Å². The Kier molecular flexibility index (Phi) is 5.00. The van der Waals surface area contributed by atoms with Crippen molar-refractivity contribution in [2.24, 2.45) is 0 Å². The normalized spacial score (nSPS) is 13.5. The first-order valence-electron chi connectivity index (χ1n) is 8.25. The number of rotatable bonds is 4. The minimum absolute atomic E-state index is 0.167. The highest BCUT2D eigenvalue weighted by Gasteiger charge is 2.23. The van der Waals surface area contributed by atoms with Crippen LogP contribution in [0.1, 0.15) is 39.0 Å². The Morgan fingerprint density at radius 3 is 2.83 bits per heavy atom. The average Bonchev–Trinajstić information content (AvgIpc) is 2.99. The van der Waals surface area contributed by atoms with E-state index in [9.17, 15) is 9.59 Å². The van der Waals surface area contributed by atoms with Crippen LogP contribution in [0.15, 0.2) is 30.3 Å². The first-order chi connectivity index (χ1) is 11.6. The molecule has 24 heavy (non-hydrogen) atoms. The number of para-hydroxylation sites is 1. The number of fused-ring (bicyclic) bond motifs is 1. The van der Waals surface area contributed by atoms with Crippen molar-refractivity contribution in [1.29, 1.82) is 0 Å². The van der Waals surface area contributed by atoms with Crippen LogP contribution in [-0.4, -0.2) is 25.0 Å². The summed E-state index contributed by atoms with van der Waals surface area (Å²) in [5.74, 6) is -0.582. The molecule has 1 aromatic heterocycles. The standard InChI is InChI=1S/C19H21NO3S/c1-3-16-13(2)11-17(24-16)19(22)23-12-18(21)20-10-6-8-14-7-4-5-9-15(14)20/h4-5,7,9,11H,3,6,8,10,12H2,1-2H3. The first kappa shape index (κ1) is 16.7. The number of anilines is 1. The molecular weight excluding hydrogens is 322 g/mol. The minimum atomic E-state index is -0.415. The summed E-state index contributed by atoms with van der Waals surface area (Å²) in [6, 6.07) is 9.74. The van der Waals surface area contributed by atoms with Crippen LogP contribution in [0.25, 0.3) is 0 Å². The number of carbonyl (C=O) groups is 2. The van der Waals surface area contributed by atoms with Crippen LogP contribution in [0.5, 0.6) is 0 Å². The lowest BCUT2D eigenvalue weighted by Crippen LogP contribution is -2.38. The molecule has 3 rings (SSSR count). The maximum absolute atomic E-state index is 12.5. The number of amides is 1. The van der Waals surface area contributed by atoms with Gasteiger partial charge >= 0.3 is 5.97 Å². The molecule has 2 heterocycles. The molecule has 1 aromatic carbocycles. The van der Waals surface area contributed by atoms with Gasteiger partial charge in [-0.25, -0.2) is 4.79 Å². The van der Waals surface area contributed by atoms with E-state index in [0.717, 1.165) is 30.5 Å². The molecule has 1 aliphatic heterocycles. The van der Waals surface area contributed by atoms with E-state index in [1.54, 1.807) is 4.90 Å². The third-order valence-electron chi connectivity index (χ3n) is 4.28. The van der Waals surface area contributed by atoms with E-state index in [-0.39, 0.29) is 12.5 Å².